The maximum absolute atomic E-state index is 2.70. The van der Waals surface area contributed by atoms with Crippen LogP contribution in [0.25, 0.3) is 0 Å². The minimum atomic E-state index is 0.880. The van der Waals surface area contributed by atoms with E-state index in [1.165, 1.54) is 83.5 Å². The smallest absolute Gasteiger partial charge is 0.0230 e. The van der Waals surface area contributed by atoms with E-state index in [1.54, 1.807) is 0 Å². The maximum atomic E-state index is 2.70. The Morgan fingerprint density at radius 1 is 0.875 bits per heavy atom. The van der Waals surface area contributed by atoms with Crippen LogP contribution in [0.5, 0.6) is 0 Å². The van der Waals surface area contributed by atoms with E-state index in [1.807, 2.05) is 0 Å². The minimum absolute atomic E-state index is 0.880. The van der Waals surface area contributed by atoms with Crippen LogP contribution in [0.2, 0.25) is 0 Å². The molecule has 3 rings (SSSR count). The van der Waals surface area contributed by atoms with E-state index in [4.69, 9.17) is 0 Å². The van der Waals surface area contributed by atoms with Crippen LogP contribution in [-0.2, 0) is 6.54 Å². The molecule has 3 nitrogen and oxygen atoms in total. The molecule has 134 valence electrons. The van der Waals surface area contributed by atoms with Gasteiger partial charge in [0.2, 0.25) is 0 Å². The molecule has 0 aromatic heterocycles. The monoisotopic (exact) mass is 329 g/mol. The van der Waals surface area contributed by atoms with Crippen molar-refractivity contribution in [3.05, 3.63) is 35.9 Å². The molecule has 0 N–H and O–H groups in total. The Labute approximate surface area is 148 Å². The van der Waals surface area contributed by atoms with Gasteiger partial charge in [-0.25, -0.2) is 0 Å². The predicted octanol–water partition coefficient (Wildman–Crippen LogP) is 3.32. The van der Waals surface area contributed by atoms with Gasteiger partial charge in [-0.15, -0.1) is 0 Å². The van der Waals surface area contributed by atoms with E-state index in [0.717, 1.165) is 12.5 Å². The van der Waals surface area contributed by atoms with Crippen molar-refractivity contribution >= 4 is 0 Å². The first kappa shape index (κ1) is 17.9. The van der Waals surface area contributed by atoms with Crippen molar-refractivity contribution in [1.82, 2.24) is 14.7 Å². The van der Waals surface area contributed by atoms with Gasteiger partial charge in [-0.3, -0.25) is 0 Å². The highest BCUT2D eigenvalue weighted by Crippen LogP contribution is 2.19. The van der Waals surface area contributed by atoms with Gasteiger partial charge in [-0.2, -0.15) is 0 Å². The van der Waals surface area contributed by atoms with Crippen molar-refractivity contribution in [3.63, 3.8) is 0 Å². The van der Waals surface area contributed by atoms with Gasteiger partial charge in [0.1, 0.15) is 0 Å². The summed E-state index contributed by atoms with van der Waals surface area (Å²) in [6, 6.07) is 10.9. The zero-order valence-corrected chi connectivity index (χ0v) is 15.5. The fourth-order valence-electron chi connectivity index (χ4n) is 4.26. The molecular weight excluding hydrogens is 294 g/mol. The van der Waals surface area contributed by atoms with Crippen LogP contribution in [0.1, 0.15) is 37.7 Å². The first-order valence-electron chi connectivity index (χ1n) is 9.97. The van der Waals surface area contributed by atoms with Crippen LogP contribution >= 0.6 is 0 Å². The number of benzene rings is 1. The SMILES string of the molecule is CN(Cc1ccccc1)CC1CCN(CCN2CCCCC2)CC1. The molecule has 0 amide bonds. The molecule has 2 heterocycles. The van der Waals surface area contributed by atoms with Crippen LogP contribution in [0.3, 0.4) is 0 Å². The lowest BCUT2D eigenvalue weighted by atomic mass is 9.96. The molecule has 0 spiro atoms. The zero-order valence-electron chi connectivity index (χ0n) is 15.5. The van der Waals surface area contributed by atoms with Crippen molar-refractivity contribution in [2.24, 2.45) is 5.92 Å². The van der Waals surface area contributed by atoms with Crippen LogP contribution in [-0.4, -0.2) is 67.6 Å². The van der Waals surface area contributed by atoms with Gasteiger partial charge in [-0.1, -0.05) is 36.8 Å². The molecule has 0 unspecified atom stereocenters. The summed E-state index contributed by atoms with van der Waals surface area (Å²) in [5.41, 5.74) is 1.43. The molecule has 1 aromatic rings. The number of likely N-dealkylation sites (tertiary alicyclic amines) is 2. The Morgan fingerprint density at radius 3 is 2.17 bits per heavy atom. The van der Waals surface area contributed by atoms with E-state index in [9.17, 15) is 0 Å². The molecule has 3 heteroatoms. The predicted molar refractivity (Wildman–Crippen MR) is 102 cm³/mol. The average molecular weight is 330 g/mol. The summed E-state index contributed by atoms with van der Waals surface area (Å²) in [6.07, 6.45) is 7.02. The van der Waals surface area contributed by atoms with E-state index in [0.29, 0.717) is 0 Å². The lowest BCUT2D eigenvalue weighted by Gasteiger charge is -2.35. The standard InChI is InChI=1S/C21H35N3/c1-22(18-20-8-4-2-5-9-20)19-21-10-14-24(15-11-21)17-16-23-12-6-3-7-13-23/h2,4-5,8-9,21H,3,6-7,10-19H2,1H3. The van der Waals surface area contributed by atoms with Gasteiger partial charge in [0.05, 0.1) is 0 Å². The number of rotatable bonds is 7. The average Bonchev–Trinajstić information content (AvgIpc) is 2.63. The highest BCUT2D eigenvalue weighted by molar-refractivity contribution is 5.14. The van der Waals surface area contributed by atoms with Gasteiger partial charge < -0.3 is 14.7 Å². The van der Waals surface area contributed by atoms with Gasteiger partial charge in [0.25, 0.3) is 0 Å². The molecule has 0 radical (unpaired) electrons. The molecule has 0 atom stereocenters. The van der Waals surface area contributed by atoms with Crippen molar-refractivity contribution in [2.75, 3.05) is 52.9 Å². The zero-order chi connectivity index (χ0) is 16.6. The summed E-state index contributed by atoms with van der Waals surface area (Å²) >= 11 is 0. The summed E-state index contributed by atoms with van der Waals surface area (Å²) in [5.74, 6) is 0.880. The van der Waals surface area contributed by atoms with Crippen molar-refractivity contribution < 1.29 is 0 Å². The van der Waals surface area contributed by atoms with Gasteiger partial charge >= 0.3 is 0 Å². The van der Waals surface area contributed by atoms with Gasteiger partial charge in [0, 0.05) is 26.2 Å². The lowest BCUT2D eigenvalue weighted by molar-refractivity contribution is 0.129. The summed E-state index contributed by atoms with van der Waals surface area (Å²) in [5, 5.41) is 0. The van der Waals surface area contributed by atoms with Crippen molar-refractivity contribution in [1.29, 1.82) is 0 Å². The van der Waals surface area contributed by atoms with Crippen LogP contribution < -0.4 is 0 Å². The Hall–Kier alpha value is -0.900. The van der Waals surface area contributed by atoms with Crippen LogP contribution in [0.4, 0.5) is 0 Å². The Balaban J connectivity index is 1.31. The number of hydrogen-bond acceptors (Lipinski definition) is 3. The van der Waals surface area contributed by atoms with Crippen molar-refractivity contribution in [2.45, 2.75) is 38.6 Å². The molecule has 24 heavy (non-hydrogen) atoms. The summed E-state index contributed by atoms with van der Waals surface area (Å²) in [7, 11) is 2.27. The highest BCUT2D eigenvalue weighted by Gasteiger charge is 2.21. The van der Waals surface area contributed by atoms with E-state index in [-0.39, 0.29) is 0 Å². The van der Waals surface area contributed by atoms with E-state index < -0.39 is 0 Å². The van der Waals surface area contributed by atoms with Gasteiger partial charge in [0.15, 0.2) is 0 Å². The highest BCUT2D eigenvalue weighted by atomic mass is 15.2. The number of piperidine rings is 2. The molecule has 2 saturated heterocycles. The molecule has 0 aliphatic carbocycles. The van der Waals surface area contributed by atoms with Crippen LogP contribution in [0.15, 0.2) is 30.3 Å². The molecule has 2 aliphatic heterocycles. The number of hydrogen-bond donors (Lipinski definition) is 0. The molecular formula is C21H35N3. The second-order valence-electron chi connectivity index (χ2n) is 7.87. The molecule has 1 aromatic carbocycles. The first-order chi connectivity index (χ1) is 11.8. The largest absolute Gasteiger partial charge is 0.302 e. The summed E-state index contributed by atoms with van der Waals surface area (Å²) in [4.78, 5) is 7.87. The normalized spacial score (nSPS) is 21.4. The minimum Gasteiger partial charge on any atom is -0.302 e. The Bertz CT molecular complexity index is 447. The third kappa shape index (κ3) is 5.87. The molecule has 2 fully saturated rings. The third-order valence-electron chi connectivity index (χ3n) is 5.75. The first-order valence-corrected chi connectivity index (χ1v) is 9.97. The topological polar surface area (TPSA) is 9.72 Å². The van der Waals surface area contributed by atoms with E-state index in [2.05, 4.69) is 52.1 Å². The lowest BCUT2D eigenvalue weighted by Crippen LogP contribution is -2.42. The fraction of sp³-hybridized carbons (Fsp3) is 0.714. The Kier molecular flexibility index (Phi) is 7.13. The number of nitrogens with zero attached hydrogens (tertiary/aromatic N) is 3. The molecule has 2 aliphatic rings. The summed E-state index contributed by atoms with van der Waals surface area (Å²) in [6.45, 7) is 10.2. The van der Waals surface area contributed by atoms with E-state index >= 15 is 0 Å². The van der Waals surface area contributed by atoms with Crippen LogP contribution in [0, 0.1) is 5.92 Å². The fourth-order valence-corrected chi connectivity index (χ4v) is 4.26. The quantitative estimate of drug-likeness (QED) is 0.760. The molecule has 0 bridgehead atoms. The Morgan fingerprint density at radius 2 is 1.50 bits per heavy atom. The second kappa shape index (κ2) is 9.55. The summed E-state index contributed by atoms with van der Waals surface area (Å²) < 4.78 is 0. The third-order valence-corrected chi connectivity index (χ3v) is 5.75. The molecule has 0 saturated carbocycles. The second-order valence-corrected chi connectivity index (χ2v) is 7.87. The van der Waals surface area contributed by atoms with Gasteiger partial charge in [-0.05, 0) is 70.4 Å². The van der Waals surface area contributed by atoms with Crippen molar-refractivity contribution in [3.8, 4) is 0 Å². The maximum Gasteiger partial charge on any atom is 0.0230 e.